The third-order valence-corrected chi connectivity index (χ3v) is 5.72. The van der Waals surface area contributed by atoms with Crippen molar-refractivity contribution in [3.05, 3.63) is 62.4 Å². The van der Waals surface area contributed by atoms with Crippen LogP contribution in [0.5, 0.6) is 0 Å². The van der Waals surface area contributed by atoms with Gasteiger partial charge in [0.25, 0.3) is 5.56 Å². The highest BCUT2D eigenvalue weighted by Gasteiger charge is 2.18. The molecule has 3 rings (SSSR count). The Morgan fingerprint density at radius 2 is 1.82 bits per heavy atom. The van der Waals surface area contributed by atoms with E-state index < -0.39 is 11.2 Å². The van der Waals surface area contributed by atoms with Crippen LogP contribution in [0.25, 0.3) is 11.0 Å². The van der Waals surface area contributed by atoms with Crippen molar-refractivity contribution >= 4 is 34.4 Å². The highest BCUT2D eigenvalue weighted by molar-refractivity contribution is 8.00. The maximum absolute atomic E-state index is 12.8. The van der Waals surface area contributed by atoms with Gasteiger partial charge in [-0.3, -0.25) is 18.7 Å². The Morgan fingerprint density at radius 3 is 2.46 bits per heavy atom. The van der Waals surface area contributed by atoms with Gasteiger partial charge in [0.2, 0.25) is 5.91 Å². The summed E-state index contributed by atoms with van der Waals surface area (Å²) in [5, 5.41) is 3.23. The summed E-state index contributed by atoms with van der Waals surface area (Å²) in [6, 6.07) is 7.56. The second-order valence-corrected chi connectivity index (χ2v) is 7.56. The van der Waals surface area contributed by atoms with E-state index in [1.165, 1.54) is 23.4 Å². The number of benzene rings is 1. The lowest BCUT2D eigenvalue weighted by atomic mass is 10.2. The number of hydrogen-bond acceptors (Lipinski definition) is 5. The van der Waals surface area contributed by atoms with Gasteiger partial charge >= 0.3 is 5.69 Å². The molecule has 1 N–H and O–H groups in total. The van der Waals surface area contributed by atoms with Gasteiger partial charge in [0.05, 0.1) is 11.1 Å². The predicted octanol–water partition coefficient (Wildman–Crippen LogP) is 2.23. The molecule has 0 atom stereocenters. The molecule has 1 aromatic carbocycles. The van der Waals surface area contributed by atoms with Crippen LogP contribution >= 0.6 is 11.8 Å². The Morgan fingerprint density at radius 1 is 1.14 bits per heavy atom. The quantitative estimate of drug-likeness (QED) is 0.666. The van der Waals surface area contributed by atoms with Crippen molar-refractivity contribution in [1.82, 2.24) is 14.1 Å². The summed E-state index contributed by atoms with van der Waals surface area (Å²) in [4.78, 5) is 42.3. The fraction of sp³-hybridized carbons (Fsp3) is 0.300. The van der Waals surface area contributed by atoms with Gasteiger partial charge in [0.15, 0.2) is 0 Å². The number of hydrogen-bond donors (Lipinski definition) is 1. The van der Waals surface area contributed by atoms with Crippen molar-refractivity contribution in [3.8, 4) is 0 Å². The van der Waals surface area contributed by atoms with E-state index in [4.69, 9.17) is 0 Å². The van der Waals surface area contributed by atoms with E-state index in [2.05, 4.69) is 10.3 Å². The summed E-state index contributed by atoms with van der Waals surface area (Å²) < 4.78 is 2.42. The van der Waals surface area contributed by atoms with E-state index in [1.54, 1.807) is 13.2 Å². The number of anilines is 1. The number of thioether (sulfide) groups is 1. The second-order valence-electron chi connectivity index (χ2n) is 6.57. The summed E-state index contributed by atoms with van der Waals surface area (Å²) >= 11 is 1.29. The van der Waals surface area contributed by atoms with Crippen molar-refractivity contribution in [2.24, 2.45) is 14.1 Å². The number of carbonyl (C=O) groups is 1. The first-order valence-electron chi connectivity index (χ1n) is 8.90. The fourth-order valence-corrected chi connectivity index (χ4v) is 3.98. The first-order chi connectivity index (χ1) is 13.3. The summed E-state index contributed by atoms with van der Waals surface area (Å²) in [6.45, 7) is 3.95. The number of nitrogens with zero attached hydrogens (tertiary/aromatic N) is 3. The summed E-state index contributed by atoms with van der Waals surface area (Å²) in [6.07, 6.45) is 2.33. The first-order valence-corrected chi connectivity index (χ1v) is 9.89. The van der Waals surface area contributed by atoms with Crippen molar-refractivity contribution < 1.29 is 4.79 Å². The fourth-order valence-electron chi connectivity index (χ4n) is 2.93. The zero-order valence-corrected chi connectivity index (χ0v) is 17.1. The number of aryl methyl sites for hydroxylation is 3. The number of rotatable bonds is 5. The molecule has 1 amide bonds. The van der Waals surface area contributed by atoms with Gasteiger partial charge < -0.3 is 5.32 Å². The normalized spacial score (nSPS) is 11.0. The molecule has 146 valence electrons. The first kappa shape index (κ1) is 19.9. The second kappa shape index (κ2) is 8.02. The molecule has 0 aliphatic heterocycles. The lowest BCUT2D eigenvalue weighted by Crippen LogP contribution is -2.37. The smallest absolute Gasteiger partial charge is 0.325 e. The molecule has 0 aliphatic carbocycles. The molecule has 0 radical (unpaired) electrons. The monoisotopic (exact) mass is 398 g/mol. The largest absolute Gasteiger partial charge is 0.332 e. The number of fused-ring (bicyclic) bond motifs is 1. The average Bonchev–Trinajstić information content (AvgIpc) is 2.70. The lowest BCUT2D eigenvalue weighted by molar-refractivity contribution is -0.113. The standard InChI is InChI=1S/C20H22N4O3S/c1-5-13-10-21-18-16(19(26)24(4)20(27)23(18)3)17(13)28-11-15(25)22-14-8-6-12(2)7-9-14/h6-10H,5,11H2,1-4H3,(H,22,25). The number of aromatic nitrogens is 3. The van der Waals surface area contributed by atoms with E-state index in [0.29, 0.717) is 22.3 Å². The highest BCUT2D eigenvalue weighted by atomic mass is 32.2. The minimum atomic E-state index is -0.428. The van der Waals surface area contributed by atoms with Crippen LogP contribution in [0.1, 0.15) is 18.1 Å². The maximum Gasteiger partial charge on any atom is 0.332 e. The third kappa shape index (κ3) is 3.73. The van der Waals surface area contributed by atoms with Gasteiger partial charge in [0.1, 0.15) is 5.65 Å². The Labute approximate surface area is 166 Å². The van der Waals surface area contributed by atoms with Crippen LogP contribution in [0.4, 0.5) is 5.69 Å². The average molecular weight is 398 g/mol. The van der Waals surface area contributed by atoms with Gasteiger partial charge in [0, 0.05) is 30.9 Å². The molecular weight excluding hydrogens is 376 g/mol. The molecule has 7 nitrogen and oxygen atoms in total. The molecule has 0 unspecified atom stereocenters. The Kier molecular flexibility index (Phi) is 5.69. The molecule has 0 aliphatic rings. The van der Waals surface area contributed by atoms with Crippen molar-refractivity contribution in [1.29, 1.82) is 0 Å². The summed E-state index contributed by atoms with van der Waals surface area (Å²) in [5.41, 5.74) is 2.21. The van der Waals surface area contributed by atoms with E-state index in [1.807, 2.05) is 38.1 Å². The SMILES string of the molecule is CCc1cnc2c(c1SCC(=O)Nc1ccc(C)cc1)c(=O)n(C)c(=O)n2C. The van der Waals surface area contributed by atoms with Crippen LogP contribution in [0, 0.1) is 6.92 Å². The van der Waals surface area contributed by atoms with Crippen LogP contribution in [0.15, 0.2) is 44.9 Å². The molecule has 28 heavy (non-hydrogen) atoms. The van der Waals surface area contributed by atoms with Gasteiger partial charge in [-0.2, -0.15) is 0 Å². The molecule has 2 aromatic heterocycles. The molecule has 0 bridgehead atoms. The predicted molar refractivity (Wildman–Crippen MR) is 112 cm³/mol. The zero-order chi connectivity index (χ0) is 20.4. The van der Waals surface area contributed by atoms with Crippen LogP contribution in [-0.2, 0) is 25.3 Å². The molecule has 0 spiro atoms. The van der Waals surface area contributed by atoms with Crippen LogP contribution in [0.3, 0.4) is 0 Å². The number of nitrogens with one attached hydrogen (secondary N) is 1. The molecule has 2 heterocycles. The van der Waals surface area contributed by atoms with Crippen molar-refractivity contribution in [2.45, 2.75) is 25.2 Å². The van der Waals surface area contributed by atoms with Gasteiger partial charge in [-0.15, -0.1) is 11.8 Å². The van der Waals surface area contributed by atoms with Gasteiger partial charge in [-0.05, 0) is 31.0 Å². The third-order valence-electron chi connectivity index (χ3n) is 4.56. The molecule has 8 heteroatoms. The van der Waals surface area contributed by atoms with Gasteiger partial charge in [-0.25, -0.2) is 9.78 Å². The minimum Gasteiger partial charge on any atom is -0.325 e. The van der Waals surface area contributed by atoms with E-state index in [0.717, 1.165) is 21.4 Å². The summed E-state index contributed by atoms with van der Waals surface area (Å²) in [7, 11) is 3.03. The van der Waals surface area contributed by atoms with E-state index in [-0.39, 0.29) is 11.7 Å². The molecule has 0 saturated heterocycles. The molecule has 0 fully saturated rings. The topological polar surface area (TPSA) is 86.0 Å². The Hall–Kier alpha value is -2.87. The van der Waals surface area contributed by atoms with Gasteiger partial charge in [-0.1, -0.05) is 24.6 Å². The summed E-state index contributed by atoms with van der Waals surface area (Å²) in [5.74, 6) is -0.0195. The Balaban J connectivity index is 1.95. The van der Waals surface area contributed by atoms with Crippen molar-refractivity contribution in [3.63, 3.8) is 0 Å². The van der Waals surface area contributed by atoms with Crippen molar-refractivity contribution in [2.75, 3.05) is 11.1 Å². The maximum atomic E-state index is 12.8. The number of carbonyl (C=O) groups excluding carboxylic acids is 1. The highest BCUT2D eigenvalue weighted by Crippen LogP contribution is 2.28. The van der Waals surface area contributed by atoms with Crippen LogP contribution in [0.2, 0.25) is 0 Å². The molecule has 0 saturated carbocycles. The van der Waals surface area contributed by atoms with E-state index in [9.17, 15) is 14.4 Å². The van der Waals surface area contributed by atoms with Crippen LogP contribution < -0.4 is 16.6 Å². The Bertz CT molecular complexity index is 1160. The zero-order valence-electron chi connectivity index (χ0n) is 16.3. The number of amides is 1. The lowest BCUT2D eigenvalue weighted by Gasteiger charge is -2.13. The molecular formula is C20H22N4O3S. The number of pyridine rings is 1. The minimum absolute atomic E-state index is 0.145. The van der Waals surface area contributed by atoms with E-state index >= 15 is 0 Å². The van der Waals surface area contributed by atoms with Crippen LogP contribution in [-0.4, -0.2) is 25.8 Å². The molecule has 3 aromatic rings.